The Labute approximate surface area is 261 Å². The number of pyridine rings is 1. The van der Waals surface area contributed by atoms with Crippen molar-refractivity contribution >= 4 is 33.7 Å². The fraction of sp³-hybridized carbons (Fsp3) is 0.0250. The molecule has 3 heterocycles. The molecule has 0 saturated heterocycles. The van der Waals surface area contributed by atoms with Crippen LogP contribution in [0.4, 0.5) is 17.1 Å². The fourth-order valence-electron chi connectivity index (χ4n) is 5.76. The van der Waals surface area contributed by atoms with Crippen LogP contribution in [0, 0.1) is 6.92 Å². The zero-order valence-corrected chi connectivity index (χ0v) is 24.7. The number of hydrogen-bond donors (Lipinski definition) is 0. The normalized spacial score (nSPS) is 11.2. The van der Waals surface area contributed by atoms with Crippen molar-refractivity contribution in [3.63, 3.8) is 0 Å². The lowest BCUT2D eigenvalue weighted by Gasteiger charge is -2.26. The highest BCUT2D eigenvalue weighted by Gasteiger charge is 2.16. The third-order valence-corrected chi connectivity index (χ3v) is 8.09. The van der Waals surface area contributed by atoms with E-state index in [2.05, 4.69) is 103 Å². The van der Waals surface area contributed by atoms with Crippen LogP contribution >= 0.6 is 0 Å². The Morgan fingerprint density at radius 2 is 0.978 bits per heavy atom. The lowest BCUT2D eigenvalue weighted by molar-refractivity contribution is 1.19. The van der Waals surface area contributed by atoms with Crippen molar-refractivity contribution in [3.8, 4) is 33.8 Å². The maximum atomic E-state index is 5.09. The van der Waals surface area contributed by atoms with Gasteiger partial charge in [0.1, 0.15) is 5.65 Å². The van der Waals surface area contributed by atoms with Crippen LogP contribution in [0.2, 0.25) is 0 Å². The van der Waals surface area contributed by atoms with E-state index in [0.29, 0.717) is 0 Å². The van der Waals surface area contributed by atoms with Gasteiger partial charge < -0.3 is 9.30 Å². The van der Waals surface area contributed by atoms with Gasteiger partial charge in [-0.3, -0.25) is 0 Å². The van der Waals surface area contributed by atoms with Crippen LogP contribution in [0.25, 0.3) is 50.5 Å². The molecule has 0 spiro atoms. The molecule has 0 atom stereocenters. The van der Waals surface area contributed by atoms with Gasteiger partial charge in [-0.1, -0.05) is 90.5 Å². The van der Waals surface area contributed by atoms with Gasteiger partial charge in [0.25, 0.3) is 0 Å². The van der Waals surface area contributed by atoms with Crippen LogP contribution < -0.4 is 4.90 Å². The van der Waals surface area contributed by atoms with E-state index in [-0.39, 0.29) is 0 Å². The largest absolute Gasteiger partial charge is 0.311 e. The average Bonchev–Trinajstić information content (AvgIpc) is 3.54. The molecule has 0 unspecified atom stereocenters. The summed E-state index contributed by atoms with van der Waals surface area (Å²) in [7, 11) is 0. The number of nitrogens with zero attached hydrogens (tertiary/aromatic N) is 5. The molecule has 3 aromatic heterocycles. The van der Waals surface area contributed by atoms with Gasteiger partial charge in [-0.25, -0.2) is 15.0 Å². The van der Waals surface area contributed by atoms with Crippen molar-refractivity contribution in [3.05, 3.63) is 164 Å². The highest BCUT2D eigenvalue weighted by molar-refractivity contribution is 5.87. The third-order valence-electron chi connectivity index (χ3n) is 8.09. The molecule has 0 bridgehead atoms. The van der Waals surface area contributed by atoms with E-state index in [1.807, 2.05) is 71.3 Å². The summed E-state index contributed by atoms with van der Waals surface area (Å²) < 4.78 is 2.05. The molecule has 5 aromatic carbocycles. The van der Waals surface area contributed by atoms with E-state index in [9.17, 15) is 0 Å². The number of fused-ring (bicyclic) bond motifs is 2. The molecule has 5 heteroatoms. The molecule has 8 aromatic rings. The lowest BCUT2D eigenvalue weighted by Crippen LogP contribution is -2.10. The molecule has 0 fully saturated rings. The maximum Gasteiger partial charge on any atom is 0.137 e. The Balaban J connectivity index is 1.19. The first-order chi connectivity index (χ1) is 22.2. The summed E-state index contributed by atoms with van der Waals surface area (Å²) in [6, 6.07) is 50.2. The first-order valence-corrected chi connectivity index (χ1v) is 15.0. The second-order valence-corrected chi connectivity index (χ2v) is 11.1. The fourth-order valence-corrected chi connectivity index (χ4v) is 5.76. The molecule has 0 radical (unpaired) electrons. The van der Waals surface area contributed by atoms with Crippen LogP contribution in [0.1, 0.15) is 5.56 Å². The van der Waals surface area contributed by atoms with Crippen molar-refractivity contribution < 1.29 is 0 Å². The molecule has 0 aliphatic carbocycles. The second-order valence-electron chi connectivity index (χ2n) is 11.1. The summed E-state index contributed by atoms with van der Waals surface area (Å²) in [5, 5.41) is 0. The Kier molecular flexibility index (Phi) is 6.61. The number of hydrogen-bond acceptors (Lipinski definition) is 4. The smallest absolute Gasteiger partial charge is 0.137 e. The summed E-state index contributed by atoms with van der Waals surface area (Å²) in [5.74, 6) is 0. The van der Waals surface area contributed by atoms with Gasteiger partial charge in [-0.15, -0.1) is 0 Å². The molecule has 214 valence electrons. The first kappa shape index (κ1) is 26.5. The van der Waals surface area contributed by atoms with Crippen molar-refractivity contribution in [1.29, 1.82) is 0 Å². The monoisotopic (exact) mass is 579 g/mol. The molecule has 0 N–H and O–H groups in total. The zero-order valence-electron chi connectivity index (χ0n) is 24.7. The Bertz CT molecular complexity index is 2220. The third kappa shape index (κ3) is 5.11. The predicted molar refractivity (Wildman–Crippen MR) is 184 cm³/mol. The van der Waals surface area contributed by atoms with E-state index >= 15 is 0 Å². The van der Waals surface area contributed by atoms with E-state index < -0.39 is 0 Å². The van der Waals surface area contributed by atoms with Gasteiger partial charge in [0.05, 0.1) is 28.1 Å². The van der Waals surface area contributed by atoms with Gasteiger partial charge in [0, 0.05) is 46.1 Å². The van der Waals surface area contributed by atoms with E-state index in [4.69, 9.17) is 15.0 Å². The standard InChI is InChI=1S/C40H29N5/c1-28-14-20-32(21-15-28)45(33-22-16-29(17-23-33)37-27-44-26-8-7-13-38(44)41-37)34-24-18-31(19-25-34)40-39(30-9-3-2-4-10-30)42-35-11-5-6-12-36(35)43-40/h2-27H,1H3. The van der Waals surface area contributed by atoms with Crippen LogP contribution in [0.3, 0.4) is 0 Å². The summed E-state index contributed by atoms with van der Waals surface area (Å²) >= 11 is 0. The molecular weight excluding hydrogens is 550 g/mol. The summed E-state index contributed by atoms with van der Waals surface area (Å²) in [6.07, 6.45) is 4.09. The van der Waals surface area contributed by atoms with Gasteiger partial charge in [0.2, 0.25) is 0 Å². The van der Waals surface area contributed by atoms with Gasteiger partial charge in [0.15, 0.2) is 0 Å². The number of imidazole rings is 1. The Morgan fingerprint density at radius 3 is 1.58 bits per heavy atom. The molecule has 0 aliphatic rings. The van der Waals surface area contributed by atoms with Crippen molar-refractivity contribution in [2.75, 3.05) is 4.90 Å². The van der Waals surface area contributed by atoms with Crippen LogP contribution in [0.15, 0.2) is 158 Å². The van der Waals surface area contributed by atoms with Crippen LogP contribution in [-0.2, 0) is 0 Å². The van der Waals surface area contributed by atoms with E-state index in [1.54, 1.807) is 0 Å². The molecule has 0 saturated carbocycles. The highest BCUT2D eigenvalue weighted by atomic mass is 15.1. The number of rotatable bonds is 6. The minimum absolute atomic E-state index is 0.866. The molecular formula is C40H29N5. The topological polar surface area (TPSA) is 46.3 Å². The SMILES string of the molecule is Cc1ccc(N(c2ccc(-c3cn4ccccc4n3)cc2)c2ccc(-c3nc4ccccc4nc3-c3ccccc3)cc2)cc1. The Hall–Kier alpha value is -6.07. The predicted octanol–water partition coefficient (Wildman–Crippen LogP) is 10.1. The average molecular weight is 580 g/mol. The van der Waals surface area contributed by atoms with Crippen molar-refractivity contribution in [2.45, 2.75) is 6.92 Å². The van der Waals surface area contributed by atoms with Crippen LogP contribution in [-0.4, -0.2) is 19.4 Å². The summed E-state index contributed by atoms with van der Waals surface area (Å²) in [5.41, 5.74) is 12.9. The van der Waals surface area contributed by atoms with Crippen molar-refractivity contribution in [2.24, 2.45) is 0 Å². The number of benzene rings is 5. The van der Waals surface area contributed by atoms with Gasteiger partial charge >= 0.3 is 0 Å². The zero-order chi connectivity index (χ0) is 30.2. The minimum Gasteiger partial charge on any atom is -0.311 e. The van der Waals surface area contributed by atoms with Crippen LogP contribution in [0.5, 0.6) is 0 Å². The van der Waals surface area contributed by atoms with E-state index in [1.165, 1.54) is 5.56 Å². The second kappa shape index (κ2) is 11.2. The summed E-state index contributed by atoms with van der Waals surface area (Å²) in [4.78, 5) is 17.2. The Morgan fingerprint density at radius 1 is 0.467 bits per heavy atom. The number of para-hydroxylation sites is 2. The first-order valence-electron chi connectivity index (χ1n) is 15.0. The number of aromatic nitrogens is 4. The maximum absolute atomic E-state index is 5.09. The summed E-state index contributed by atoms with van der Waals surface area (Å²) in [6.45, 7) is 2.11. The molecule has 5 nitrogen and oxygen atoms in total. The molecule has 45 heavy (non-hydrogen) atoms. The quantitative estimate of drug-likeness (QED) is 0.197. The number of anilines is 3. The van der Waals surface area contributed by atoms with Gasteiger partial charge in [-0.2, -0.15) is 0 Å². The molecule has 8 rings (SSSR count). The highest BCUT2D eigenvalue weighted by Crippen LogP contribution is 2.38. The number of aryl methyl sites for hydroxylation is 1. The molecule has 0 aliphatic heterocycles. The van der Waals surface area contributed by atoms with Crippen molar-refractivity contribution in [1.82, 2.24) is 19.4 Å². The lowest BCUT2D eigenvalue weighted by atomic mass is 10.0. The minimum atomic E-state index is 0.866. The van der Waals surface area contributed by atoms with Gasteiger partial charge in [-0.05, 0) is 67.6 Å². The van der Waals surface area contributed by atoms with E-state index in [0.717, 1.165) is 67.5 Å². The molecule has 0 amide bonds.